The maximum atomic E-state index is 11.0. The van der Waals surface area contributed by atoms with E-state index >= 15 is 0 Å². The van der Waals surface area contributed by atoms with E-state index in [1.165, 1.54) is 10.8 Å². The Bertz CT molecular complexity index is 858. The monoisotopic (exact) mass is 330 g/mol. The van der Waals surface area contributed by atoms with Crippen LogP contribution in [0.3, 0.4) is 0 Å². The molecule has 3 aromatic rings. The maximum absolute atomic E-state index is 11.0. The van der Waals surface area contributed by atoms with Gasteiger partial charge in [0, 0.05) is 5.69 Å². The summed E-state index contributed by atoms with van der Waals surface area (Å²) >= 11 is 4.56. The second-order valence-electron chi connectivity index (χ2n) is 4.97. The molecule has 1 atom stereocenters. The van der Waals surface area contributed by atoms with E-state index in [1.54, 1.807) is 7.05 Å². The summed E-state index contributed by atoms with van der Waals surface area (Å²) in [7, 11) is 1.58. The normalized spacial score (nSPS) is 12.3. The molecule has 0 amide bonds. The molecule has 0 aliphatic carbocycles. The predicted octanol–water partition coefficient (Wildman–Crippen LogP) is 2.24. The zero-order valence-electron chi connectivity index (χ0n) is 12.5. The molecule has 9 heteroatoms. The highest BCUT2D eigenvalue weighted by molar-refractivity contribution is 7.80. The molecule has 118 valence electrons. The van der Waals surface area contributed by atoms with Crippen LogP contribution in [0.25, 0.3) is 5.69 Å². The fourth-order valence-electron chi connectivity index (χ4n) is 2.41. The van der Waals surface area contributed by atoms with Crippen LogP contribution >= 0.6 is 12.6 Å². The van der Waals surface area contributed by atoms with Crippen molar-refractivity contribution in [2.45, 2.75) is 12.2 Å². The van der Waals surface area contributed by atoms with Gasteiger partial charge in [0.2, 0.25) is 5.82 Å². The van der Waals surface area contributed by atoms with Gasteiger partial charge < -0.3 is 10.1 Å². The molecule has 0 saturated heterocycles. The summed E-state index contributed by atoms with van der Waals surface area (Å²) in [5, 5.41) is 18.7. The lowest BCUT2D eigenvalue weighted by Crippen LogP contribution is -2.11. The second-order valence-corrected chi connectivity index (χ2v) is 5.49. The third-order valence-corrected chi connectivity index (χ3v) is 4.00. The van der Waals surface area contributed by atoms with Crippen LogP contribution in [0.15, 0.2) is 36.5 Å². The summed E-state index contributed by atoms with van der Waals surface area (Å²) < 4.78 is 3.26. The highest BCUT2D eigenvalue weighted by Crippen LogP contribution is 2.30. The van der Waals surface area contributed by atoms with Crippen LogP contribution in [0.2, 0.25) is 0 Å². The number of imidazole rings is 1. The van der Waals surface area contributed by atoms with Crippen molar-refractivity contribution in [1.29, 1.82) is 0 Å². The Morgan fingerprint density at radius 1 is 1.22 bits per heavy atom. The zero-order valence-corrected chi connectivity index (χ0v) is 13.4. The lowest BCUT2D eigenvalue weighted by atomic mass is 10.3. The lowest BCUT2D eigenvalue weighted by Gasteiger charge is -2.12. The van der Waals surface area contributed by atoms with Gasteiger partial charge in [-0.15, -0.1) is 10.2 Å². The molecule has 0 bridgehead atoms. The van der Waals surface area contributed by atoms with E-state index in [0.29, 0.717) is 17.5 Å². The van der Waals surface area contributed by atoms with Crippen molar-refractivity contribution in [2.24, 2.45) is 7.05 Å². The quantitative estimate of drug-likeness (QED) is 0.450. The minimum atomic E-state index is -0.546. The highest BCUT2D eigenvalue weighted by atomic mass is 32.1. The van der Waals surface area contributed by atoms with Crippen LogP contribution in [0.4, 0.5) is 5.82 Å². The number of rotatable bonds is 4. The predicted molar refractivity (Wildman–Crippen MR) is 86.8 cm³/mol. The van der Waals surface area contributed by atoms with E-state index in [-0.39, 0.29) is 5.82 Å². The van der Waals surface area contributed by atoms with Crippen molar-refractivity contribution in [3.05, 3.63) is 64.1 Å². The number of nitro groups is 1. The van der Waals surface area contributed by atoms with Gasteiger partial charge in [0.25, 0.3) is 0 Å². The SMILES string of the molecule is Cc1nnc(C(S)c2ncc([N+](=O)[O-])n2C)n1-c1ccccc1. The number of aromatic nitrogens is 5. The minimum Gasteiger partial charge on any atom is -0.358 e. The molecule has 0 N–H and O–H groups in total. The molecular formula is C14H14N6O2S. The Labute approximate surface area is 137 Å². The molecule has 1 unspecified atom stereocenters. The first-order valence-electron chi connectivity index (χ1n) is 6.82. The topological polar surface area (TPSA) is 91.7 Å². The van der Waals surface area contributed by atoms with Crippen LogP contribution in [0, 0.1) is 17.0 Å². The molecule has 0 spiro atoms. The number of nitrogens with zero attached hydrogens (tertiary/aromatic N) is 6. The fraction of sp³-hybridized carbons (Fsp3) is 0.214. The summed E-state index contributed by atoms with van der Waals surface area (Å²) in [4.78, 5) is 14.6. The number of benzene rings is 1. The molecule has 2 heterocycles. The molecule has 0 radical (unpaired) electrons. The number of aryl methyl sites for hydroxylation is 1. The van der Waals surface area contributed by atoms with Gasteiger partial charge >= 0.3 is 5.82 Å². The Kier molecular flexibility index (Phi) is 3.87. The van der Waals surface area contributed by atoms with Gasteiger partial charge in [-0.3, -0.25) is 4.57 Å². The molecule has 23 heavy (non-hydrogen) atoms. The first-order chi connectivity index (χ1) is 11.0. The number of para-hydroxylation sites is 1. The fourth-order valence-corrected chi connectivity index (χ4v) is 2.81. The van der Waals surface area contributed by atoms with Gasteiger partial charge in [0.1, 0.15) is 17.3 Å². The maximum Gasteiger partial charge on any atom is 0.342 e. The summed E-state index contributed by atoms with van der Waals surface area (Å²) in [6, 6.07) is 9.61. The smallest absolute Gasteiger partial charge is 0.342 e. The minimum absolute atomic E-state index is 0.0958. The average molecular weight is 330 g/mol. The number of hydrogen-bond acceptors (Lipinski definition) is 6. The van der Waals surface area contributed by atoms with Crippen molar-refractivity contribution in [2.75, 3.05) is 0 Å². The molecule has 1 aromatic carbocycles. The largest absolute Gasteiger partial charge is 0.358 e. The van der Waals surface area contributed by atoms with Gasteiger partial charge in [-0.2, -0.15) is 12.6 Å². The van der Waals surface area contributed by atoms with Crippen LogP contribution in [-0.2, 0) is 7.05 Å². The molecule has 2 aromatic heterocycles. The first kappa shape index (κ1) is 15.2. The van der Waals surface area contributed by atoms with Crippen LogP contribution in [0.1, 0.15) is 22.7 Å². The van der Waals surface area contributed by atoms with Gasteiger partial charge in [-0.25, -0.2) is 9.55 Å². The van der Waals surface area contributed by atoms with E-state index in [1.807, 2.05) is 41.8 Å². The summed E-state index contributed by atoms with van der Waals surface area (Å²) in [5.41, 5.74) is 0.896. The van der Waals surface area contributed by atoms with Crippen molar-refractivity contribution < 1.29 is 4.92 Å². The Hall–Kier alpha value is -2.68. The zero-order chi connectivity index (χ0) is 16.6. The van der Waals surface area contributed by atoms with Crippen molar-refractivity contribution in [3.8, 4) is 5.69 Å². The molecule has 0 fully saturated rings. The molecule has 8 nitrogen and oxygen atoms in total. The van der Waals surface area contributed by atoms with E-state index in [2.05, 4.69) is 27.8 Å². The van der Waals surface area contributed by atoms with Gasteiger partial charge in [-0.1, -0.05) is 18.2 Å². The lowest BCUT2D eigenvalue weighted by molar-refractivity contribution is -0.391. The molecule has 0 aliphatic rings. The van der Waals surface area contributed by atoms with E-state index in [0.717, 1.165) is 5.69 Å². The second kappa shape index (κ2) is 5.84. The van der Waals surface area contributed by atoms with E-state index in [4.69, 9.17) is 0 Å². The van der Waals surface area contributed by atoms with Crippen LogP contribution in [0.5, 0.6) is 0 Å². The standard InChI is InChI=1S/C14H14N6O2S/c1-9-16-17-14(19(9)10-6-4-3-5-7-10)12(23)13-15-8-11(18(13)2)20(21)22/h3-8,12,23H,1-2H3. The van der Waals surface area contributed by atoms with Gasteiger partial charge in [-0.05, 0) is 24.0 Å². The van der Waals surface area contributed by atoms with Crippen molar-refractivity contribution in [3.63, 3.8) is 0 Å². The van der Waals surface area contributed by atoms with Gasteiger partial charge in [0.05, 0.1) is 7.05 Å². The number of hydrogen-bond donors (Lipinski definition) is 1. The Morgan fingerprint density at radius 3 is 2.52 bits per heavy atom. The van der Waals surface area contributed by atoms with Gasteiger partial charge in [0.15, 0.2) is 5.82 Å². The summed E-state index contributed by atoms with van der Waals surface area (Å²) in [5.74, 6) is 1.60. The molecule has 0 saturated carbocycles. The summed E-state index contributed by atoms with van der Waals surface area (Å²) in [6.07, 6.45) is 1.22. The molecule has 3 rings (SSSR count). The molecule has 0 aliphatic heterocycles. The van der Waals surface area contributed by atoms with Crippen molar-refractivity contribution >= 4 is 18.4 Å². The van der Waals surface area contributed by atoms with Crippen LogP contribution < -0.4 is 0 Å². The van der Waals surface area contributed by atoms with E-state index < -0.39 is 10.2 Å². The highest BCUT2D eigenvalue weighted by Gasteiger charge is 2.28. The molecular weight excluding hydrogens is 316 g/mol. The van der Waals surface area contributed by atoms with E-state index in [9.17, 15) is 10.1 Å². The third-order valence-electron chi connectivity index (χ3n) is 3.54. The van der Waals surface area contributed by atoms with Crippen molar-refractivity contribution in [1.82, 2.24) is 24.3 Å². The third kappa shape index (κ3) is 2.59. The Balaban J connectivity index is 2.08. The Morgan fingerprint density at radius 2 is 1.91 bits per heavy atom. The first-order valence-corrected chi connectivity index (χ1v) is 7.33. The average Bonchev–Trinajstić information content (AvgIpc) is 3.10. The number of thiol groups is 1. The summed E-state index contributed by atoms with van der Waals surface area (Å²) in [6.45, 7) is 1.84. The van der Waals surface area contributed by atoms with Crippen LogP contribution in [-0.4, -0.2) is 29.2 Å².